The summed E-state index contributed by atoms with van der Waals surface area (Å²) in [6.45, 7) is 15.9. The third kappa shape index (κ3) is 7.42. The SMILES string of the molecule is CNc1nc(CO)ccc1C.CNc1nc(CO[Si](C)(C)C(C)(C)C)ccc1C. The summed E-state index contributed by atoms with van der Waals surface area (Å²) in [6, 6.07) is 7.88. The average Bonchev–Trinajstić information content (AvgIpc) is 2.67. The Morgan fingerprint density at radius 3 is 1.76 bits per heavy atom. The molecule has 0 saturated carbocycles. The van der Waals surface area contributed by atoms with Crippen LogP contribution in [0.1, 0.15) is 43.3 Å². The van der Waals surface area contributed by atoms with Gasteiger partial charge in [-0.1, -0.05) is 32.9 Å². The molecular weight excluding hydrogens is 380 g/mol. The predicted molar refractivity (Wildman–Crippen MR) is 125 cm³/mol. The van der Waals surface area contributed by atoms with Crippen molar-refractivity contribution in [3.63, 3.8) is 0 Å². The van der Waals surface area contributed by atoms with Gasteiger partial charge in [-0.05, 0) is 55.2 Å². The van der Waals surface area contributed by atoms with Crippen LogP contribution in [0.5, 0.6) is 0 Å². The van der Waals surface area contributed by atoms with Crippen LogP contribution in [0.2, 0.25) is 18.1 Å². The quantitative estimate of drug-likeness (QED) is 0.580. The van der Waals surface area contributed by atoms with Crippen LogP contribution in [0, 0.1) is 13.8 Å². The molecule has 0 amide bonds. The standard InChI is InChI=1S/C14H26N2OSi.C8H12N2O/c1-11-8-9-12(16-13(11)15-5)10-17-18(6,7)14(2,3)4;1-6-3-4-7(5-11)10-8(6)9-2/h8-9H,10H2,1-7H3,(H,15,16);3-4,11H,5H2,1-2H3,(H,9,10). The van der Waals surface area contributed by atoms with E-state index in [4.69, 9.17) is 9.53 Å². The number of hydrogen-bond donors (Lipinski definition) is 3. The van der Waals surface area contributed by atoms with Gasteiger partial charge >= 0.3 is 0 Å². The van der Waals surface area contributed by atoms with Crippen molar-refractivity contribution in [3.05, 3.63) is 46.8 Å². The molecule has 0 spiro atoms. The number of aromatic nitrogens is 2. The highest BCUT2D eigenvalue weighted by molar-refractivity contribution is 6.74. The van der Waals surface area contributed by atoms with E-state index in [-0.39, 0.29) is 11.6 Å². The Hall–Kier alpha value is -1.96. The zero-order valence-electron chi connectivity index (χ0n) is 19.5. The molecule has 0 bridgehead atoms. The average molecular weight is 419 g/mol. The molecule has 0 aliphatic carbocycles. The molecule has 2 heterocycles. The van der Waals surface area contributed by atoms with Crippen LogP contribution in [0.3, 0.4) is 0 Å². The maximum atomic E-state index is 8.76. The van der Waals surface area contributed by atoms with Crippen LogP contribution in [0.25, 0.3) is 0 Å². The predicted octanol–water partition coefficient (Wildman–Crippen LogP) is 4.88. The third-order valence-electron chi connectivity index (χ3n) is 5.33. The topological polar surface area (TPSA) is 79.3 Å². The first-order chi connectivity index (χ1) is 13.4. The number of pyridine rings is 2. The van der Waals surface area contributed by atoms with E-state index in [1.807, 2.05) is 39.2 Å². The van der Waals surface area contributed by atoms with Crippen LogP contribution in [0.15, 0.2) is 24.3 Å². The summed E-state index contributed by atoms with van der Waals surface area (Å²) in [6.07, 6.45) is 0. The zero-order chi connectivity index (χ0) is 22.2. The first-order valence-electron chi connectivity index (χ1n) is 9.98. The van der Waals surface area contributed by atoms with Crippen molar-refractivity contribution in [1.29, 1.82) is 0 Å². The van der Waals surface area contributed by atoms with Gasteiger partial charge < -0.3 is 20.2 Å². The normalized spacial score (nSPS) is 11.5. The van der Waals surface area contributed by atoms with Gasteiger partial charge in [0, 0.05) is 14.1 Å². The van der Waals surface area contributed by atoms with Crippen LogP contribution in [-0.2, 0) is 17.6 Å². The van der Waals surface area contributed by atoms with Crippen LogP contribution >= 0.6 is 0 Å². The Balaban J connectivity index is 0.000000326. The number of nitrogens with zero attached hydrogens (tertiary/aromatic N) is 2. The van der Waals surface area contributed by atoms with Gasteiger partial charge in [-0.3, -0.25) is 0 Å². The van der Waals surface area contributed by atoms with Gasteiger partial charge in [0.1, 0.15) is 11.6 Å². The zero-order valence-corrected chi connectivity index (χ0v) is 20.5. The smallest absolute Gasteiger partial charge is 0.192 e. The second-order valence-electron chi connectivity index (χ2n) is 8.64. The number of anilines is 2. The molecule has 6 nitrogen and oxygen atoms in total. The minimum Gasteiger partial charge on any atom is -0.411 e. The molecule has 162 valence electrons. The molecule has 0 saturated heterocycles. The van der Waals surface area contributed by atoms with Crippen molar-refractivity contribution in [2.24, 2.45) is 0 Å². The fourth-order valence-corrected chi connectivity index (χ4v) is 3.23. The molecular formula is C22H38N4O2Si. The molecule has 2 rings (SSSR count). The molecule has 29 heavy (non-hydrogen) atoms. The fraction of sp³-hybridized carbons (Fsp3) is 0.545. The van der Waals surface area contributed by atoms with E-state index in [1.54, 1.807) is 0 Å². The maximum absolute atomic E-state index is 8.76. The van der Waals surface area contributed by atoms with E-state index < -0.39 is 8.32 Å². The van der Waals surface area contributed by atoms with Crippen molar-refractivity contribution >= 4 is 20.0 Å². The monoisotopic (exact) mass is 418 g/mol. The Kier molecular flexibility index (Phi) is 9.26. The van der Waals surface area contributed by atoms with Crippen molar-refractivity contribution in [1.82, 2.24) is 9.97 Å². The van der Waals surface area contributed by atoms with Gasteiger partial charge in [-0.15, -0.1) is 0 Å². The van der Waals surface area contributed by atoms with E-state index in [9.17, 15) is 0 Å². The van der Waals surface area contributed by atoms with Crippen molar-refractivity contribution < 1.29 is 9.53 Å². The van der Waals surface area contributed by atoms with Crippen LogP contribution in [-0.4, -0.2) is 37.5 Å². The molecule has 2 aromatic rings. The Morgan fingerprint density at radius 2 is 1.34 bits per heavy atom. The Bertz CT molecular complexity index is 789. The van der Waals surface area contributed by atoms with Gasteiger partial charge in [0.15, 0.2) is 8.32 Å². The molecule has 7 heteroatoms. The van der Waals surface area contributed by atoms with Gasteiger partial charge in [-0.25, -0.2) is 9.97 Å². The van der Waals surface area contributed by atoms with E-state index >= 15 is 0 Å². The molecule has 0 aromatic carbocycles. The van der Waals surface area contributed by atoms with Crippen LogP contribution < -0.4 is 10.6 Å². The Labute approximate surface area is 177 Å². The van der Waals surface area contributed by atoms with Crippen molar-refractivity contribution in [2.75, 3.05) is 24.7 Å². The summed E-state index contributed by atoms with van der Waals surface area (Å²) in [5.74, 6) is 1.77. The van der Waals surface area contributed by atoms with E-state index in [0.717, 1.165) is 28.5 Å². The lowest BCUT2D eigenvalue weighted by molar-refractivity contribution is 0.272. The first kappa shape index (κ1) is 25.1. The minimum atomic E-state index is -1.69. The van der Waals surface area contributed by atoms with Gasteiger partial charge in [-0.2, -0.15) is 0 Å². The van der Waals surface area contributed by atoms with Crippen molar-refractivity contribution in [3.8, 4) is 0 Å². The Morgan fingerprint density at radius 1 is 0.897 bits per heavy atom. The maximum Gasteiger partial charge on any atom is 0.192 e. The summed E-state index contributed by atoms with van der Waals surface area (Å²) in [7, 11) is 2.02. The third-order valence-corrected chi connectivity index (χ3v) is 9.81. The lowest BCUT2D eigenvalue weighted by Gasteiger charge is -2.36. The molecule has 3 N–H and O–H groups in total. The van der Waals surface area contributed by atoms with E-state index in [2.05, 4.69) is 67.5 Å². The lowest BCUT2D eigenvalue weighted by atomic mass is 10.2. The molecule has 2 aromatic heterocycles. The van der Waals surface area contributed by atoms with Gasteiger partial charge in [0.2, 0.25) is 0 Å². The minimum absolute atomic E-state index is 0.00500. The molecule has 0 fully saturated rings. The molecule has 0 aliphatic rings. The number of rotatable bonds is 6. The molecule has 0 unspecified atom stereocenters. The van der Waals surface area contributed by atoms with Crippen LogP contribution in [0.4, 0.5) is 11.6 Å². The van der Waals surface area contributed by atoms with Crippen molar-refractivity contribution in [2.45, 2.75) is 66.0 Å². The number of aryl methyl sites for hydroxylation is 2. The fourth-order valence-electron chi connectivity index (χ4n) is 2.28. The van der Waals surface area contributed by atoms with Gasteiger partial charge in [0.05, 0.1) is 24.6 Å². The summed E-state index contributed by atoms with van der Waals surface area (Å²) >= 11 is 0. The van der Waals surface area contributed by atoms with E-state index in [1.165, 1.54) is 0 Å². The second kappa shape index (κ2) is 10.7. The summed E-state index contributed by atoms with van der Waals surface area (Å²) in [4.78, 5) is 8.71. The first-order valence-corrected chi connectivity index (χ1v) is 12.9. The molecule has 0 radical (unpaired) electrons. The molecule has 0 atom stereocenters. The highest BCUT2D eigenvalue weighted by atomic mass is 28.4. The summed E-state index contributed by atoms with van der Waals surface area (Å²) in [5, 5.41) is 15.1. The highest BCUT2D eigenvalue weighted by Gasteiger charge is 2.37. The summed E-state index contributed by atoms with van der Waals surface area (Å²) in [5.41, 5.74) is 3.94. The summed E-state index contributed by atoms with van der Waals surface area (Å²) < 4.78 is 6.17. The lowest BCUT2D eigenvalue weighted by Crippen LogP contribution is -2.40. The number of aliphatic hydroxyl groups is 1. The number of hydrogen-bond acceptors (Lipinski definition) is 6. The number of nitrogens with one attached hydrogen (secondary N) is 2. The highest BCUT2D eigenvalue weighted by Crippen LogP contribution is 2.37. The number of aliphatic hydroxyl groups excluding tert-OH is 1. The van der Waals surface area contributed by atoms with Gasteiger partial charge in [0.25, 0.3) is 0 Å². The largest absolute Gasteiger partial charge is 0.411 e. The second-order valence-corrected chi connectivity index (χ2v) is 13.5. The van der Waals surface area contributed by atoms with E-state index in [0.29, 0.717) is 12.3 Å². The molecule has 0 aliphatic heterocycles.